The zero-order valence-corrected chi connectivity index (χ0v) is 18.8. The molecule has 3 heterocycles. The first kappa shape index (κ1) is 22.2. The lowest BCUT2D eigenvalue weighted by molar-refractivity contribution is -0.124. The average molecular weight is 481 g/mol. The van der Waals surface area contributed by atoms with Crippen LogP contribution in [0.4, 0.5) is 4.53 Å². The average Bonchev–Trinajstić information content (AvgIpc) is 3.18. The minimum Gasteiger partial charge on any atom is -0.308 e. The number of pyridine rings is 1. The van der Waals surface area contributed by atoms with E-state index >= 15 is 0 Å². The molecule has 0 bridgehead atoms. The number of aliphatic imine (C=N–C) groups is 1. The van der Waals surface area contributed by atoms with Crippen molar-refractivity contribution >= 4 is 38.6 Å². The third kappa shape index (κ3) is 4.06. The number of amidine groups is 1. The fraction of sp³-hybridized carbons (Fsp3) is 0.208. The monoisotopic (exact) mass is 480 g/mol. The van der Waals surface area contributed by atoms with Crippen LogP contribution in [0.5, 0.6) is 5.75 Å². The molecule has 1 N–H and O–H groups in total. The van der Waals surface area contributed by atoms with Gasteiger partial charge in [-0.1, -0.05) is 30.3 Å². The number of benzene rings is 2. The molecule has 0 atom stereocenters. The van der Waals surface area contributed by atoms with Crippen LogP contribution in [0.1, 0.15) is 24.0 Å². The van der Waals surface area contributed by atoms with Crippen LogP contribution in [0.25, 0.3) is 16.8 Å². The Morgan fingerprint density at radius 1 is 1.12 bits per heavy atom. The Hall–Kier alpha value is -3.63. The van der Waals surface area contributed by atoms with Crippen molar-refractivity contribution in [1.29, 1.82) is 0 Å². The number of hydrogen-bond donors (Lipinski definition) is 1. The van der Waals surface area contributed by atoms with E-state index in [-0.39, 0.29) is 37.6 Å². The maximum Gasteiger partial charge on any atom is 0.253 e. The summed E-state index contributed by atoms with van der Waals surface area (Å²) in [5, 5.41) is 5.78. The van der Waals surface area contributed by atoms with E-state index in [0.717, 1.165) is 16.3 Å². The molecule has 5 rings (SSSR count). The van der Waals surface area contributed by atoms with E-state index in [1.54, 1.807) is 30.6 Å². The predicted molar refractivity (Wildman–Crippen MR) is 126 cm³/mol. The Balaban J connectivity index is 1.32. The van der Waals surface area contributed by atoms with Crippen LogP contribution in [0.3, 0.4) is 0 Å². The fourth-order valence-corrected chi connectivity index (χ4v) is 5.51. The lowest BCUT2D eigenvalue weighted by Gasteiger charge is -2.34. The highest BCUT2D eigenvalue weighted by Crippen LogP contribution is 2.33. The maximum absolute atomic E-state index is 13.0. The van der Waals surface area contributed by atoms with Gasteiger partial charge in [0.05, 0.1) is 0 Å². The third-order valence-electron chi connectivity index (χ3n) is 6.22. The van der Waals surface area contributed by atoms with E-state index in [0.29, 0.717) is 11.4 Å². The summed E-state index contributed by atoms with van der Waals surface area (Å²) >= 11 is 0. The second-order valence-corrected chi connectivity index (χ2v) is 10.1. The molecule has 0 unspecified atom stereocenters. The lowest BCUT2D eigenvalue weighted by atomic mass is 9.89. The van der Waals surface area contributed by atoms with Gasteiger partial charge in [-0.15, -0.1) is 0 Å². The van der Waals surface area contributed by atoms with Gasteiger partial charge in [-0.2, -0.15) is 4.31 Å². The van der Waals surface area contributed by atoms with Gasteiger partial charge in [0, 0.05) is 46.4 Å². The van der Waals surface area contributed by atoms with Crippen molar-refractivity contribution in [3.8, 4) is 5.75 Å². The van der Waals surface area contributed by atoms with Gasteiger partial charge in [-0.05, 0) is 48.1 Å². The SMILES string of the molecule is O=C1NC(c2cccc(OF)c2)=NC12CCN(S(=O)(=O)/C=C/c1cccc3cnccc13)CC2. The van der Waals surface area contributed by atoms with Crippen molar-refractivity contribution in [3.05, 3.63) is 77.5 Å². The molecule has 0 saturated carbocycles. The zero-order valence-electron chi connectivity index (χ0n) is 18.0. The largest absolute Gasteiger partial charge is 0.308 e. The molecule has 0 radical (unpaired) electrons. The first-order valence-electron chi connectivity index (χ1n) is 10.7. The predicted octanol–water partition coefficient (Wildman–Crippen LogP) is 3.21. The highest BCUT2D eigenvalue weighted by molar-refractivity contribution is 7.92. The minimum atomic E-state index is -3.69. The summed E-state index contributed by atoms with van der Waals surface area (Å²) < 4.78 is 39.8. The van der Waals surface area contributed by atoms with E-state index < -0.39 is 15.6 Å². The van der Waals surface area contributed by atoms with Crippen LogP contribution < -0.4 is 10.3 Å². The lowest BCUT2D eigenvalue weighted by Crippen LogP contribution is -2.50. The number of rotatable bonds is 5. The zero-order chi connectivity index (χ0) is 23.8. The Morgan fingerprint density at radius 2 is 1.91 bits per heavy atom. The van der Waals surface area contributed by atoms with Gasteiger partial charge in [0.15, 0.2) is 5.75 Å². The van der Waals surface area contributed by atoms with Gasteiger partial charge in [0.1, 0.15) is 11.4 Å². The maximum atomic E-state index is 13.0. The molecule has 2 aliphatic rings. The summed E-state index contributed by atoms with van der Waals surface area (Å²) in [6.45, 7) is 0.313. The Morgan fingerprint density at radius 3 is 2.71 bits per heavy atom. The smallest absolute Gasteiger partial charge is 0.253 e. The van der Waals surface area contributed by atoms with Crippen LogP contribution in [-0.4, -0.2) is 48.1 Å². The van der Waals surface area contributed by atoms with Crippen molar-refractivity contribution < 1.29 is 22.7 Å². The highest BCUT2D eigenvalue weighted by atomic mass is 32.2. The van der Waals surface area contributed by atoms with Crippen molar-refractivity contribution in [2.75, 3.05) is 13.1 Å². The molecule has 2 aromatic carbocycles. The van der Waals surface area contributed by atoms with Crippen LogP contribution >= 0.6 is 0 Å². The summed E-state index contributed by atoms with van der Waals surface area (Å²) in [5.41, 5.74) is 0.254. The van der Waals surface area contributed by atoms with Crippen molar-refractivity contribution in [3.63, 3.8) is 0 Å². The number of fused-ring (bicyclic) bond motifs is 1. The first-order chi connectivity index (χ1) is 16.4. The van der Waals surface area contributed by atoms with Crippen LogP contribution in [0, 0.1) is 0 Å². The summed E-state index contributed by atoms with van der Waals surface area (Å²) in [7, 11) is -3.69. The molecule has 174 valence electrons. The molecule has 8 nitrogen and oxygen atoms in total. The molecule has 3 aromatic rings. The van der Waals surface area contributed by atoms with E-state index in [9.17, 15) is 17.7 Å². The van der Waals surface area contributed by atoms with Crippen LogP contribution in [0.2, 0.25) is 0 Å². The van der Waals surface area contributed by atoms with E-state index in [1.807, 2.05) is 24.3 Å². The number of carbonyl (C=O) groups is 1. The van der Waals surface area contributed by atoms with E-state index in [1.165, 1.54) is 21.8 Å². The molecule has 1 aromatic heterocycles. The Labute approximate surface area is 195 Å². The molecular weight excluding hydrogens is 459 g/mol. The highest BCUT2D eigenvalue weighted by Gasteiger charge is 2.47. The summed E-state index contributed by atoms with van der Waals surface area (Å²) in [6.07, 6.45) is 5.47. The van der Waals surface area contributed by atoms with E-state index in [2.05, 4.69) is 20.2 Å². The number of halogens is 1. The number of nitrogens with zero attached hydrogens (tertiary/aromatic N) is 3. The standard InChI is InChI=1S/C24H21FN4O4S/c25-33-20-6-2-4-18(15-20)22-27-23(30)24(28-22)9-12-29(13-10-24)34(31,32)14-8-17-3-1-5-19-16-26-11-7-21(17)19/h1-8,11,14-16H,9-10,12-13H2,(H,27,28,30)/b14-8+. The number of hydrogen-bond acceptors (Lipinski definition) is 6. The number of aromatic nitrogens is 1. The first-order valence-corrected chi connectivity index (χ1v) is 12.2. The van der Waals surface area contributed by atoms with Crippen molar-refractivity contribution in [2.24, 2.45) is 4.99 Å². The van der Waals surface area contributed by atoms with Gasteiger partial charge in [0.2, 0.25) is 10.0 Å². The van der Waals surface area contributed by atoms with Crippen molar-refractivity contribution in [2.45, 2.75) is 18.4 Å². The molecule has 34 heavy (non-hydrogen) atoms. The Bertz CT molecular complexity index is 1420. The second-order valence-electron chi connectivity index (χ2n) is 8.24. The molecule has 1 fully saturated rings. The number of piperidine rings is 1. The molecule has 1 spiro atoms. The summed E-state index contributed by atoms with van der Waals surface area (Å²) in [4.78, 5) is 25.2. The van der Waals surface area contributed by atoms with Crippen molar-refractivity contribution in [1.82, 2.24) is 14.6 Å². The molecule has 10 heteroatoms. The van der Waals surface area contributed by atoms with Gasteiger partial charge >= 0.3 is 0 Å². The van der Waals surface area contributed by atoms with E-state index in [4.69, 9.17) is 0 Å². The van der Waals surface area contributed by atoms with Gasteiger partial charge in [-0.3, -0.25) is 19.7 Å². The molecular formula is C24H21FN4O4S. The summed E-state index contributed by atoms with van der Waals surface area (Å²) in [6, 6.07) is 13.6. The van der Waals surface area contributed by atoms with Gasteiger partial charge < -0.3 is 5.32 Å². The summed E-state index contributed by atoms with van der Waals surface area (Å²) in [5.74, 6) is 0.0436. The second kappa shape index (κ2) is 8.62. The molecule has 0 aliphatic carbocycles. The number of carbonyl (C=O) groups excluding carboxylic acids is 1. The van der Waals surface area contributed by atoms with Gasteiger partial charge in [0.25, 0.3) is 5.91 Å². The molecule has 2 aliphatic heterocycles. The molecule has 1 amide bonds. The van der Waals surface area contributed by atoms with Gasteiger partial charge in [-0.25, -0.2) is 8.42 Å². The Kier molecular flexibility index (Phi) is 5.62. The molecule has 1 saturated heterocycles. The number of sulfonamides is 1. The quantitative estimate of drug-likeness (QED) is 0.604. The van der Waals surface area contributed by atoms with Crippen LogP contribution in [-0.2, 0) is 14.8 Å². The van der Waals surface area contributed by atoms with Crippen LogP contribution in [0.15, 0.2) is 71.3 Å². The topological polar surface area (TPSA) is 101 Å². The number of nitrogens with one attached hydrogen (secondary N) is 1. The number of amides is 1. The third-order valence-corrected chi connectivity index (χ3v) is 7.79. The normalized spacial score (nSPS) is 18.4. The fourth-order valence-electron chi connectivity index (χ4n) is 4.33. The minimum absolute atomic E-state index is 0.00514.